The zero-order valence-electron chi connectivity index (χ0n) is 18.8. The lowest BCUT2D eigenvalue weighted by atomic mass is 9.85. The largest absolute Gasteiger partial charge is 0.337 e. The molecule has 2 amide bonds. The van der Waals surface area contributed by atoms with E-state index in [1.165, 1.54) is 11.1 Å². The highest BCUT2D eigenvalue weighted by Gasteiger charge is 2.39. The molecule has 0 aliphatic carbocycles. The second kappa shape index (κ2) is 7.93. The van der Waals surface area contributed by atoms with Gasteiger partial charge in [0, 0.05) is 50.9 Å². The van der Waals surface area contributed by atoms with Crippen LogP contribution in [0.4, 0.5) is 5.69 Å². The molecule has 0 spiro atoms. The second-order valence-corrected chi connectivity index (χ2v) is 9.09. The first-order valence-electron chi connectivity index (χ1n) is 11.1. The van der Waals surface area contributed by atoms with Gasteiger partial charge in [-0.05, 0) is 53.8 Å². The van der Waals surface area contributed by atoms with Gasteiger partial charge in [-0.2, -0.15) is 5.10 Å². The summed E-state index contributed by atoms with van der Waals surface area (Å²) in [7, 11) is 1.91. The number of fused-ring (bicyclic) bond motifs is 1. The summed E-state index contributed by atoms with van der Waals surface area (Å²) in [5, 5.41) is 4.34. The third-order valence-electron chi connectivity index (χ3n) is 6.91. The van der Waals surface area contributed by atoms with Crippen LogP contribution in [0.3, 0.4) is 0 Å². The average Bonchev–Trinajstić information content (AvgIpc) is 3.40. The van der Waals surface area contributed by atoms with Gasteiger partial charge in [0.05, 0.1) is 12.1 Å². The topological polar surface area (TPSA) is 58.4 Å². The Morgan fingerprint density at radius 3 is 2.62 bits per heavy atom. The first-order chi connectivity index (χ1) is 15.4. The normalized spacial score (nSPS) is 20.5. The minimum Gasteiger partial charge on any atom is -0.337 e. The molecule has 1 aromatic heterocycles. The van der Waals surface area contributed by atoms with Crippen molar-refractivity contribution in [3.63, 3.8) is 0 Å². The summed E-state index contributed by atoms with van der Waals surface area (Å²) < 4.78 is 1.80. The molecule has 1 fully saturated rings. The summed E-state index contributed by atoms with van der Waals surface area (Å²) in [6, 6.07) is 14.4. The number of aryl methyl sites for hydroxylation is 3. The average molecular weight is 429 g/mol. The zero-order valence-corrected chi connectivity index (χ0v) is 18.8. The summed E-state index contributed by atoms with van der Waals surface area (Å²) in [4.78, 5) is 30.1. The van der Waals surface area contributed by atoms with Crippen LogP contribution in [-0.4, -0.2) is 39.6 Å². The highest BCUT2D eigenvalue weighted by Crippen LogP contribution is 2.35. The van der Waals surface area contributed by atoms with Crippen molar-refractivity contribution < 1.29 is 9.59 Å². The molecule has 3 heterocycles. The van der Waals surface area contributed by atoms with Gasteiger partial charge in [-0.3, -0.25) is 14.3 Å². The third-order valence-corrected chi connectivity index (χ3v) is 6.91. The van der Waals surface area contributed by atoms with Gasteiger partial charge in [-0.25, -0.2) is 0 Å². The Morgan fingerprint density at radius 1 is 1.06 bits per heavy atom. The van der Waals surface area contributed by atoms with Crippen LogP contribution < -0.4 is 4.90 Å². The number of carbonyl (C=O) groups excluding carboxylic acids is 2. The highest BCUT2D eigenvalue weighted by molar-refractivity contribution is 6.00. The fourth-order valence-corrected chi connectivity index (χ4v) is 4.95. The number of aromatic nitrogens is 2. The molecule has 2 atom stereocenters. The Kier molecular flexibility index (Phi) is 5.08. The molecule has 0 radical (unpaired) electrons. The van der Waals surface area contributed by atoms with Gasteiger partial charge in [0.15, 0.2) is 0 Å². The van der Waals surface area contributed by atoms with Crippen molar-refractivity contribution in [2.45, 2.75) is 32.7 Å². The van der Waals surface area contributed by atoms with E-state index >= 15 is 0 Å². The molecule has 0 unspecified atom stereocenters. The molecule has 6 nitrogen and oxygen atoms in total. The van der Waals surface area contributed by atoms with Crippen LogP contribution in [0.15, 0.2) is 54.9 Å². The van der Waals surface area contributed by atoms with Crippen molar-refractivity contribution in [3.8, 4) is 0 Å². The maximum Gasteiger partial charge on any atom is 0.228 e. The molecule has 0 N–H and O–H groups in total. The Hall–Kier alpha value is -3.41. The minimum absolute atomic E-state index is 0.0211. The van der Waals surface area contributed by atoms with Gasteiger partial charge in [-0.1, -0.05) is 30.3 Å². The third kappa shape index (κ3) is 3.60. The Labute approximate surface area is 188 Å². The molecule has 6 heteroatoms. The van der Waals surface area contributed by atoms with Crippen molar-refractivity contribution >= 4 is 17.5 Å². The fourth-order valence-electron chi connectivity index (χ4n) is 4.95. The van der Waals surface area contributed by atoms with Gasteiger partial charge in [0.1, 0.15) is 0 Å². The van der Waals surface area contributed by atoms with Crippen molar-refractivity contribution in [2.24, 2.45) is 13.0 Å². The summed E-state index contributed by atoms with van der Waals surface area (Å²) in [6.07, 6.45) is 4.17. The van der Waals surface area contributed by atoms with E-state index in [0.29, 0.717) is 19.6 Å². The Bertz CT molecular complexity index is 1200. The van der Waals surface area contributed by atoms with E-state index in [1.54, 1.807) is 9.58 Å². The summed E-state index contributed by atoms with van der Waals surface area (Å²) in [5.41, 5.74) is 6.75. The number of carbonyl (C=O) groups is 2. The van der Waals surface area contributed by atoms with Gasteiger partial charge in [-0.15, -0.1) is 0 Å². The molecular weight excluding hydrogens is 400 g/mol. The van der Waals surface area contributed by atoms with E-state index in [2.05, 4.69) is 30.2 Å². The summed E-state index contributed by atoms with van der Waals surface area (Å²) in [5.74, 6) is -0.143. The van der Waals surface area contributed by atoms with E-state index in [0.717, 1.165) is 22.4 Å². The van der Waals surface area contributed by atoms with Gasteiger partial charge in [0.25, 0.3) is 0 Å². The lowest BCUT2D eigenvalue weighted by molar-refractivity contribution is -0.136. The Morgan fingerprint density at radius 2 is 1.88 bits per heavy atom. The number of hydrogen-bond donors (Lipinski definition) is 0. The zero-order chi connectivity index (χ0) is 22.4. The van der Waals surface area contributed by atoms with Crippen LogP contribution >= 0.6 is 0 Å². The molecule has 2 aromatic carbocycles. The number of hydrogen-bond acceptors (Lipinski definition) is 3. The van der Waals surface area contributed by atoms with Crippen molar-refractivity contribution in [1.82, 2.24) is 14.7 Å². The van der Waals surface area contributed by atoms with Crippen LogP contribution in [0.5, 0.6) is 0 Å². The lowest BCUT2D eigenvalue weighted by Crippen LogP contribution is -2.42. The Balaban J connectivity index is 1.38. The van der Waals surface area contributed by atoms with E-state index in [-0.39, 0.29) is 30.1 Å². The lowest BCUT2D eigenvalue weighted by Gasteiger charge is -2.35. The van der Waals surface area contributed by atoms with Crippen molar-refractivity contribution in [1.29, 1.82) is 0 Å². The highest BCUT2D eigenvalue weighted by atomic mass is 16.2. The predicted molar refractivity (Wildman–Crippen MR) is 123 cm³/mol. The molecule has 164 valence electrons. The molecule has 0 saturated carbocycles. The molecule has 32 heavy (non-hydrogen) atoms. The van der Waals surface area contributed by atoms with Gasteiger partial charge >= 0.3 is 0 Å². The smallest absolute Gasteiger partial charge is 0.228 e. The number of anilines is 1. The SMILES string of the molecule is Cc1ccc(N2C[C@@H](C(=O)N3Cc4ccccc4[C@H](c4cnn(C)c4)C3)CC2=O)cc1C. The molecule has 0 bridgehead atoms. The van der Waals surface area contributed by atoms with E-state index in [1.807, 2.05) is 55.5 Å². The van der Waals surface area contributed by atoms with E-state index in [4.69, 9.17) is 0 Å². The maximum atomic E-state index is 13.6. The summed E-state index contributed by atoms with van der Waals surface area (Å²) in [6.45, 7) is 5.74. The number of amides is 2. The standard InChI is InChI=1S/C26H28N4O2/c1-17-8-9-22(10-18(17)2)30-15-20(11-25(30)31)26(32)29-14-19-6-4-5-7-23(19)24(16-29)21-12-27-28(3)13-21/h4-10,12-13,20,24H,11,14-16H2,1-3H3/t20-,24-/m0/s1. The molecular formula is C26H28N4O2. The van der Waals surface area contributed by atoms with Crippen LogP contribution in [0.1, 0.15) is 40.2 Å². The van der Waals surface area contributed by atoms with Crippen LogP contribution in [-0.2, 0) is 23.2 Å². The summed E-state index contributed by atoms with van der Waals surface area (Å²) >= 11 is 0. The molecule has 2 aliphatic rings. The molecule has 5 rings (SSSR count). The van der Waals surface area contributed by atoms with Crippen LogP contribution in [0.25, 0.3) is 0 Å². The minimum atomic E-state index is -0.316. The predicted octanol–water partition coefficient (Wildman–Crippen LogP) is 3.56. The molecule has 1 saturated heterocycles. The second-order valence-electron chi connectivity index (χ2n) is 9.09. The van der Waals surface area contributed by atoms with Crippen LogP contribution in [0, 0.1) is 19.8 Å². The molecule has 2 aliphatic heterocycles. The first kappa shape index (κ1) is 20.5. The van der Waals surface area contributed by atoms with E-state index < -0.39 is 0 Å². The maximum absolute atomic E-state index is 13.6. The van der Waals surface area contributed by atoms with Crippen LogP contribution in [0.2, 0.25) is 0 Å². The monoisotopic (exact) mass is 428 g/mol. The number of rotatable bonds is 3. The fraction of sp³-hybridized carbons (Fsp3) is 0.346. The van der Waals surface area contributed by atoms with E-state index in [9.17, 15) is 9.59 Å². The first-order valence-corrected chi connectivity index (χ1v) is 11.1. The number of nitrogens with zero attached hydrogens (tertiary/aromatic N) is 4. The van der Waals surface area contributed by atoms with Crippen molar-refractivity contribution in [2.75, 3.05) is 18.0 Å². The van der Waals surface area contributed by atoms with Gasteiger partial charge in [0.2, 0.25) is 11.8 Å². The van der Waals surface area contributed by atoms with Gasteiger partial charge < -0.3 is 9.80 Å². The quantitative estimate of drug-likeness (QED) is 0.641. The molecule has 3 aromatic rings. The number of benzene rings is 2. The van der Waals surface area contributed by atoms with Crippen molar-refractivity contribution in [3.05, 3.63) is 82.7 Å².